The predicted molar refractivity (Wildman–Crippen MR) is 126 cm³/mol. The predicted octanol–water partition coefficient (Wildman–Crippen LogP) is 2.77. The molecule has 0 radical (unpaired) electrons. The van der Waals surface area contributed by atoms with Gasteiger partial charge in [-0.25, -0.2) is 17.8 Å². The number of halogens is 2. The molecular weight excluding hydrogens is 494 g/mol. The van der Waals surface area contributed by atoms with Gasteiger partial charge in [-0.2, -0.15) is 0 Å². The van der Waals surface area contributed by atoms with E-state index in [-0.39, 0.29) is 36.3 Å². The van der Waals surface area contributed by atoms with E-state index in [1.165, 1.54) is 24.5 Å². The minimum Gasteiger partial charge on any atom is -0.357 e. The molecule has 0 amide bonds. The molecule has 0 aromatic heterocycles. The number of benzene rings is 1. The topological polar surface area (TPSA) is 73.8 Å². The van der Waals surface area contributed by atoms with Crippen molar-refractivity contribution in [1.29, 1.82) is 0 Å². The summed E-state index contributed by atoms with van der Waals surface area (Å²) in [5, 5.41) is 6.43. The summed E-state index contributed by atoms with van der Waals surface area (Å²) in [5.41, 5.74) is 1.16. The molecule has 0 saturated carbocycles. The van der Waals surface area contributed by atoms with Crippen LogP contribution in [0.5, 0.6) is 0 Å². The van der Waals surface area contributed by atoms with Gasteiger partial charge in [-0.3, -0.25) is 0 Å². The van der Waals surface area contributed by atoms with Gasteiger partial charge in [0.1, 0.15) is 5.82 Å². The minimum atomic E-state index is -3.20. The van der Waals surface area contributed by atoms with Crippen LogP contribution in [0.4, 0.5) is 4.39 Å². The Morgan fingerprint density at radius 2 is 1.93 bits per heavy atom. The van der Waals surface area contributed by atoms with E-state index in [0.717, 1.165) is 19.5 Å². The van der Waals surface area contributed by atoms with Crippen molar-refractivity contribution >= 4 is 39.8 Å². The van der Waals surface area contributed by atoms with E-state index in [9.17, 15) is 12.8 Å². The Morgan fingerprint density at radius 3 is 2.50 bits per heavy atom. The maximum atomic E-state index is 13.6. The molecule has 1 atom stereocenters. The zero-order chi connectivity index (χ0) is 20.4. The van der Waals surface area contributed by atoms with Crippen molar-refractivity contribution in [3.05, 3.63) is 35.1 Å². The molecule has 0 aliphatic heterocycles. The molecule has 28 heavy (non-hydrogen) atoms. The summed E-state index contributed by atoms with van der Waals surface area (Å²) in [6.45, 7) is 8.83. The number of hydrogen-bond donors (Lipinski definition) is 2. The molecule has 1 unspecified atom stereocenters. The Morgan fingerprint density at radius 1 is 1.25 bits per heavy atom. The first-order valence-corrected chi connectivity index (χ1v) is 11.4. The first-order chi connectivity index (χ1) is 12.7. The quantitative estimate of drug-likeness (QED) is 0.278. The van der Waals surface area contributed by atoms with Crippen molar-refractivity contribution in [3.63, 3.8) is 0 Å². The monoisotopic (exact) mass is 528 g/mol. The van der Waals surface area contributed by atoms with Gasteiger partial charge in [-0.15, -0.1) is 24.0 Å². The fourth-order valence-corrected chi connectivity index (χ4v) is 3.40. The number of nitrogens with one attached hydrogen (secondary N) is 2. The van der Waals surface area contributed by atoms with Crippen molar-refractivity contribution in [3.8, 4) is 0 Å². The Bertz CT molecular complexity index is 729. The largest absolute Gasteiger partial charge is 0.357 e. The Hall–Kier alpha value is -0.940. The molecule has 9 heteroatoms. The van der Waals surface area contributed by atoms with Crippen LogP contribution in [0.15, 0.2) is 23.2 Å². The third-order valence-electron chi connectivity index (χ3n) is 4.44. The second-order valence-electron chi connectivity index (χ2n) is 6.84. The molecule has 0 aliphatic carbocycles. The first kappa shape index (κ1) is 27.1. The molecule has 1 rings (SSSR count). The van der Waals surface area contributed by atoms with Gasteiger partial charge in [0.05, 0.1) is 12.3 Å². The van der Waals surface area contributed by atoms with Gasteiger partial charge in [0.2, 0.25) is 0 Å². The lowest BCUT2D eigenvalue weighted by atomic mass is 10.1. The number of hydrogen-bond acceptors (Lipinski definition) is 4. The lowest BCUT2D eigenvalue weighted by molar-refractivity contribution is 0.255. The van der Waals surface area contributed by atoms with Gasteiger partial charge >= 0.3 is 0 Å². The summed E-state index contributed by atoms with van der Waals surface area (Å²) in [5.74, 6) is 0.108. The number of nitrogens with zero attached hydrogens (tertiary/aromatic N) is 2. The summed E-state index contributed by atoms with van der Waals surface area (Å²) in [6.07, 6.45) is 2.26. The zero-order valence-electron chi connectivity index (χ0n) is 17.5. The third kappa shape index (κ3) is 10.6. The van der Waals surface area contributed by atoms with Crippen LogP contribution in [0.2, 0.25) is 0 Å². The smallest absolute Gasteiger partial charge is 0.191 e. The molecule has 1 aromatic carbocycles. The second-order valence-corrected chi connectivity index (χ2v) is 8.98. The van der Waals surface area contributed by atoms with Crippen LogP contribution in [0.1, 0.15) is 38.3 Å². The number of aliphatic imine (C=N–C) groups is 1. The van der Waals surface area contributed by atoms with Crippen LogP contribution in [0.3, 0.4) is 0 Å². The van der Waals surface area contributed by atoms with Crippen LogP contribution < -0.4 is 10.6 Å². The maximum Gasteiger partial charge on any atom is 0.191 e. The molecule has 0 saturated heterocycles. The molecule has 162 valence electrons. The first-order valence-electron chi connectivity index (χ1n) is 9.33. The fourth-order valence-electron chi connectivity index (χ4n) is 2.55. The van der Waals surface area contributed by atoms with E-state index in [4.69, 9.17) is 0 Å². The van der Waals surface area contributed by atoms with E-state index >= 15 is 0 Å². The zero-order valence-corrected chi connectivity index (χ0v) is 20.6. The van der Waals surface area contributed by atoms with Gasteiger partial charge in [0, 0.05) is 31.9 Å². The lowest BCUT2D eigenvalue weighted by Gasteiger charge is -2.24. The highest BCUT2D eigenvalue weighted by Crippen LogP contribution is 2.15. The normalized spacial score (nSPS) is 13.2. The Kier molecular flexibility index (Phi) is 12.9. The average molecular weight is 528 g/mol. The van der Waals surface area contributed by atoms with E-state index in [0.29, 0.717) is 29.7 Å². The van der Waals surface area contributed by atoms with Crippen LogP contribution in [-0.4, -0.2) is 58.3 Å². The van der Waals surface area contributed by atoms with Gasteiger partial charge in [-0.05, 0) is 50.6 Å². The van der Waals surface area contributed by atoms with E-state index in [1.807, 2.05) is 6.92 Å². The van der Waals surface area contributed by atoms with Crippen molar-refractivity contribution in [2.75, 3.05) is 32.9 Å². The number of likely N-dealkylation sites (N-methyl/N-ethyl adjacent to an activating group) is 1. The van der Waals surface area contributed by atoms with E-state index in [1.54, 1.807) is 0 Å². The highest BCUT2D eigenvalue weighted by Gasteiger charge is 2.11. The summed E-state index contributed by atoms with van der Waals surface area (Å²) < 4.78 is 36.8. The van der Waals surface area contributed by atoms with Crippen molar-refractivity contribution in [2.45, 2.75) is 45.5 Å². The summed E-state index contributed by atoms with van der Waals surface area (Å²) in [7, 11) is -1.12. The molecule has 0 fully saturated rings. The van der Waals surface area contributed by atoms with Crippen LogP contribution >= 0.6 is 24.0 Å². The molecular formula is C19H34FIN4O2S. The SMILES string of the molecule is CCNC(=NCc1cc(F)ccc1CS(C)(=O)=O)NCCN(C)C(C)CC.I. The number of sulfone groups is 1. The number of rotatable bonds is 10. The molecule has 1 aromatic rings. The molecule has 0 bridgehead atoms. The third-order valence-corrected chi connectivity index (χ3v) is 5.27. The van der Waals surface area contributed by atoms with Crippen LogP contribution in [0.25, 0.3) is 0 Å². The summed E-state index contributed by atoms with van der Waals surface area (Å²) >= 11 is 0. The second kappa shape index (κ2) is 13.3. The fraction of sp³-hybridized carbons (Fsp3) is 0.632. The Balaban J connectivity index is 0.00000729. The van der Waals surface area contributed by atoms with Gasteiger partial charge < -0.3 is 15.5 Å². The highest BCUT2D eigenvalue weighted by atomic mass is 127. The summed E-state index contributed by atoms with van der Waals surface area (Å²) in [6, 6.07) is 4.66. The molecule has 0 heterocycles. The van der Waals surface area contributed by atoms with Crippen molar-refractivity contribution in [2.24, 2.45) is 4.99 Å². The van der Waals surface area contributed by atoms with E-state index in [2.05, 4.69) is 41.4 Å². The van der Waals surface area contributed by atoms with Crippen LogP contribution in [0, 0.1) is 5.82 Å². The molecule has 0 spiro atoms. The standard InChI is InChI=1S/C19H33FN4O2S.HI/c1-6-15(3)24(4)11-10-22-19(21-7-2)23-13-17-12-18(20)9-8-16(17)14-27(5,25)26;/h8-9,12,15H,6-7,10-11,13-14H2,1-5H3,(H2,21,22,23);1H. The molecule has 2 N–H and O–H groups in total. The van der Waals surface area contributed by atoms with Gasteiger partial charge in [-0.1, -0.05) is 13.0 Å². The van der Waals surface area contributed by atoms with E-state index < -0.39 is 15.7 Å². The average Bonchev–Trinajstić information content (AvgIpc) is 2.59. The molecule has 0 aliphatic rings. The Labute approximate surface area is 186 Å². The highest BCUT2D eigenvalue weighted by molar-refractivity contribution is 14.0. The van der Waals surface area contributed by atoms with Crippen molar-refractivity contribution in [1.82, 2.24) is 15.5 Å². The van der Waals surface area contributed by atoms with Gasteiger partial charge in [0.15, 0.2) is 15.8 Å². The number of guanidine groups is 1. The van der Waals surface area contributed by atoms with Crippen molar-refractivity contribution < 1.29 is 12.8 Å². The van der Waals surface area contributed by atoms with Gasteiger partial charge in [0.25, 0.3) is 0 Å². The maximum absolute atomic E-state index is 13.6. The minimum absolute atomic E-state index is 0. The molecule has 6 nitrogen and oxygen atoms in total. The van der Waals surface area contributed by atoms with Crippen LogP contribution in [-0.2, 0) is 22.1 Å². The summed E-state index contributed by atoms with van der Waals surface area (Å²) in [4.78, 5) is 6.76. The lowest BCUT2D eigenvalue weighted by Crippen LogP contribution is -2.42.